The van der Waals surface area contributed by atoms with Crippen molar-refractivity contribution in [1.29, 1.82) is 0 Å². The number of nitrogens with two attached hydrogens (primary N) is 1. The van der Waals surface area contributed by atoms with Crippen molar-refractivity contribution < 1.29 is 22.7 Å². The van der Waals surface area contributed by atoms with Crippen LogP contribution in [0.5, 0.6) is 0 Å². The van der Waals surface area contributed by atoms with Crippen LogP contribution in [0.25, 0.3) is 5.65 Å². The molecular weight excluding hydrogens is 499 g/mol. The number of halogens is 3. The average molecular weight is 532 g/mol. The fourth-order valence-electron chi connectivity index (χ4n) is 5.28. The fourth-order valence-corrected chi connectivity index (χ4v) is 5.28. The van der Waals surface area contributed by atoms with Crippen molar-refractivity contribution in [2.75, 3.05) is 50.5 Å². The number of imidazole rings is 1. The van der Waals surface area contributed by atoms with Gasteiger partial charge >= 0.3 is 6.18 Å². The number of nitrogens with zero attached hydrogens (tertiary/aromatic N) is 5. The van der Waals surface area contributed by atoms with Gasteiger partial charge in [-0.3, -0.25) is 9.69 Å². The molecule has 0 radical (unpaired) electrons. The summed E-state index contributed by atoms with van der Waals surface area (Å²) in [5, 5.41) is 7.77. The minimum atomic E-state index is -4.46. The number of likely N-dealkylation sites (tertiary alicyclic amines) is 1. The summed E-state index contributed by atoms with van der Waals surface area (Å²) in [4.78, 5) is 21.6. The van der Waals surface area contributed by atoms with E-state index in [0.29, 0.717) is 60.4 Å². The van der Waals surface area contributed by atoms with Gasteiger partial charge in [-0.1, -0.05) is 12.1 Å². The zero-order valence-corrected chi connectivity index (χ0v) is 21.5. The van der Waals surface area contributed by atoms with Gasteiger partial charge in [-0.05, 0) is 50.6 Å². The topological polar surface area (TPSA) is 101 Å². The molecule has 12 heteroatoms. The number of nitrogen functional groups attached to an aromatic ring is 1. The maximum Gasteiger partial charge on any atom is 0.416 e. The third kappa shape index (κ3) is 5.14. The number of nitrogens with one attached hydrogen (secondary N) is 1. The Morgan fingerprint density at radius 1 is 1.24 bits per heavy atom. The zero-order valence-electron chi connectivity index (χ0n) is 21.5. The molecule has 2 saturated heterocycles. The Balaban J connectivity index is 1.54. The highest BCUT2D eigenvalue weighted by molar-refractivity contribution is 5.82. The number of ether oxygens (including phenoxy) is 1. The summed E-state index contributed by atoms with van der Waals surface area (Å²) >= 11 is 0. The minimum Gasteiger partial charge on any atom is -0.396 e. The van der Waals surface area contributed by atoms with Crippen molar-refractivity contribution in [3.63, 3.8) is 0 Å². The van der Waals surface area contributed by atoms with Crippen LogP contribution in [-0.4, -0.2) is 71.3 Å². The van der Waals surface area contributed by atoms with Gasteiger partial charge in [0.2, 0.25) is 5.91 Å². The number of benzene rings is 1. The van der Waals surface area contributed by atoms with Gasteiger partial charge < -0.3 is 20.7 Å². The number of carbonyl (C=O) groups excluding carboxylic acids is 1. The SMILES string of the molecule is Cc1c(Cc2c(CNC(=O)C3CCCN3C)nc3c(N)cc(N4CCOCC4)nn23)cccc1C(F)(F)F. The second-order valence-corrected chi connectivity index (χ2v) is 9.92. The fraction of sp³-hybridized carbons (Fsp3) is 0.500. The van der Waals surface area contributed by atoms with Crippen molar-refractivity contribution in [2.24, 2.45) is 0 Å². The van der Waals surface area contributed by atoms with E-state index >= 15 is 0 Å². The van der Waals surface area contributed by atoms with Crippen LogP contribution in [0.4, 0.5) is 24.7 Å². The number of amides is 1. The second kappa shape index (κ2) is 10.4. The first-order valence-corrected chi connectivity index (χ1v) is 12.8. The highest BCUT2D eigenvalue weighted by Gasteiger charge is 2.33. The van der Waals surface area contributed by atoms with Gasteiger partial charge in [-0.15, -0.1) is 5.10 Å². The number of rotatable bonds is 6. The average Bonchev–Trinajstić information content (AvgIpc) is 3.47. The summed E-state index contributed by atoms with van der Waals surface area (Å²) in [6, 6.07) is 5.71. The zero-order chi connectivity index (χ0) is 27.0. The van der Waals surface area contributed by atoms with Crippen LogP contribution in [0.1, 0.15) is 40.9 Å². The number of hydrogen-bond acceptors (Lipinski definition) is 7. The lowest BCUT2D eigenvalue weighted by Crippen LogP contribution is -2.41. The van der Waals surface area contributed by atoms with Gasteiger partial charge in [0.15, 0.2) is 11.5 Å². The summed E-state index contributed by atoms with van der Waals surface area (Å²) in [5.41, 5.74) is 8.29. The normalized spacial score (nSPS) is 18.9. The van der Waals surface area contributed by atoms with E-state index in [4.69, 9.17) is 20.6 Å². The minimum absolute atomic E-state index is 0.0989. The Bertz CT molecular complexity index is 1330. The maximum absolute atomic E-state index is 13.6. The molecule has 1 unspecified atom stereocenters. The molecule has 3 aromatic rings. The molecule has 2 aliphatic rings. The van der Waals surface area contributed by atoms with Crippen LogP contribution in [0.15, 0.2) is 24.3 Å². The van der Waals surface area contributed by atoms with Crippen LogP contribution in [-0.2, 0) is 28.7 Å². The lowest BCUT2D eigenvalue weighted by Gasteiger charge is -2.27. The van der Waals surface area contributed by atoms with Crippen LogP contribution in [0.3, 0.4) is 0 Å². The monoisotopic (exact) mass is 531 g/mol. The van der Waals surface area contributed by atoms with Crippen LogP contribution < -0.4 is 16.0 Å². The first kappa shape index (κ1) is 26.2. The molecule has 2 fully saturated rings. The van der Waals surface area contributed by atoms with Gasteiger partial charge in [0.25, 0.3) is 0 Å². The molecule has 5 rings (SSSR count). The van der Waals surface area contributed by atoms with Crippen molar-refractivity contribution >= 4 is 23.1 Å². The van der Waals surface area contributed by atoms with E-state index in [2.05, 4.69) is 10.2 Å². The molecule has 0 bridgehead atoms. The summed E-state index contributed by atoms with van der Waals surface area (Å²) in [7, 11) is 1.92. The molecule has 2 aliphatic heterocycles. The predicted octanol–water partition coefficient (Wildman–Crippen LogP) is 2.78. The molecule has 9 nitrogen and oxygen atoms in total. The summed E-state index contributed by atoms with van der Waals surface area (Å²) in [6.45, 7) is 4.86. The van der Waals surface area contributed by atoms with E-state index in [9.17, 15) is 18.0 Å². The molecule has 4 heterocycles. The Kier molecular flexibility index (Phi) is 7.19. The van der Waals surface area contributed by atoms with Gasteiger partial charge in [-0.2, -0.15) is 13.2 Å². The Morgan fingerprint density at radius 3 is 2.68 bits per heavy atom. The molecule has 0 aliphatic carbocycles. The first-order valence-electron chi connectivity index (χ1n) is 12.8. The maximum atomic E-state index is 13.6. The molecule has 204 valence electrons. The number of likely N-dealkylation sites (N-methyl/N-ethyl adjacent to an activating group) is 1. The standard InChI is InChI=1S/C26H32F3N7O2/c1-16-17(5-3-6-18(16)26(27,28)29)13-22-20(15-31-25(37)21-7-4-8-34(21)2)32-24-19(30)14-23(33-36(22)24)35-9-11-38-12-10-35/h3,5-6,14,21H,4,7-13,15,30H2,1-2H3,(H,31,37). The number of aromatic nitrogens is 3. The molecule has 0 saturated carbocycles. The smallest absolute Gasteiger partial charge is 0.396 e. The third-order valence-corrected chi connectivity index (χ3v) is 7.47. The Morgan fingerprint density at radius 2 is 2.00 bits per heavy atom. The molecule has 1 aromatic carbocycles. The van der Waals surface area contributed by atoms with Crippen LogP contribution in [0.2, 0.25) is 0 Å². The van der Waals surface area contributed by atoms with Crippen LogP contribution in [0, 0.1) is 6.92 Å². The van der Waals surface area contributed by atoms with Gasteiger partial charge in [0.1, 0.15) is 0 Å². The largest absolute Gasteiger partial charge is 0.416 e. The number of alkyl halides is 3. The van der Waals surface area contributed by atoms with Gasteiger partial charge in [0.05, 0.1) is 48.4 Å². The van der Waals surface area contributed by atoms with Crippen molar-refractivity contribution in [2.45, 2.75) is 44.9 Å². The Labute approximate surface area is 218 Å². The molecule has 1 atom stereocenters. The first-order chi connectivity index (χ1) is 18.1. The molecule has 0 spiro atoms. The van der Waals surface area contributed by atoms with Crippen LogP contribution >= 0.6 is 0 Å². The number of morpholine rings is 1. The predicted molar refractivity (Wildman–Crippen MR) is 137 cm³/mol. The highest BCUT2D eigenvalue weighted by atomic mass is 19.4. The van der Waals surface area contributed by atoms with E-state index in [1.807, 2.05) is 11.9 Å². The molecule has 2 aromatic heterocycles. The Hall–Kier alpha value is -3.38. The molecule has 38 heavy (non-hydrogen) atoms. The van der Waals surface area contributed by atoms with Crippen molar-refractivity contribution in [1.82, 2.24) is 24.8 Å². The number of carbonyl (C=O) groups is 1. The van der Waals surface area contributed by atoms with Crippen molar-refractivity contribution in [3.05, 3.63) is 52.3 Å². The molecule has 3 N–H and O–H groups in total. The second-order valence-electron chi connectivity index (χ2n) is 9.92. The number of fused-ring (bicyclic) bond motifs is 1. The van der Waals surface area contributed by atoms with Crippen molar-refractivity contribution in [3.8, 4) is 0 Å². The van der Waals surface area contributed by atoms with E-state index in [-0.39, 0.29) is 30.5 Å². The lowest BCUT2D eigenvalue weighted by molar-refractivity contribution is -0.138. The summed E-state index contributed by atoms with van der Waals surface area (Å²) in [5.74, 6) is 0.541. The molecular formula is C26H32F3N7O2. The highest BCUT2D eigenvalue weighted by Crippen LogP contribution is 2.34. The van der Waals surface area contributed by atoms with Gasteiger partial charge in [0, 0.05) is 25.6 Å². The van der Waals surface area contributed by atoms with E-state index in [0.717, 1.165) is 25.5 Å². The van der Waals surface area contributed by atoms with Gasteiger partial charge in [-0.25, -0.2) is 9.50 Å². The molecule has 1 amide bonds. The third-order valence-electron chi connectivity index (χ3n) is 7.47. The summed E-state index contributed by atoms with van der Waals surface area (Å²) < 4.78 is 47.9. The summed E-state index contributed by atoms with van der Waals surface area (Å²) in [6.07, 6.45) is -2.59. The number of anilines is 2. The number of hydrogen-bond donors (Lipinski definition) is 2. The van der Waals surface area contributed by atoms with E-state index in [1.165, 1.54) is 13.0 Å². The lowest BCUT2D eigenvalue weighted by atomic mass is 9.98. The van der Waals surface area contributed by atoms with E-state index < -0.39 is 11.7 Å². The van der Waals surface area contributed by atoms with E-state index in [1.54, 1.807) is 16.6 Å². The quantitative estimate of drug-likeness (QED) is 0.505.